The molecular formula is C21H30BrN3O2. The molecule has 1 aliphatic heterocycles. The Bertz CT molecular complexity index is 711. The van der Waals surface area contributed by atoms with Crippen molar-refractivity contribution in [1.82, 2.24) is 10.2 Å². The fourth-order valence-corrected chi connectivity index (χ4v) is 3.30. The minimum atomic E-state index is -0.529. The molecule has 0 radical (unpaired) electrons. The van der Waals surface area contributed by atoms with Crippen molar-refractivity contribution < 1.29 is 9.53 Å². The van der Waals surface area contributed by atoms with Gasteiger partial charge in [0.05, 0.1) is 6.04 Å². The number of carbonyl (C=O) groups is 1. The standard InChI is InChI=1S/C21H30BrN3O2/c1-14(8-9-15(2)22)16(3)24-18(23-7)17-12-21(10-11-21)13-25(17)19(26)27-20(4,5)6/h8-9,17H,1-3,10-13H2,4-7H3,(H,23,24)/b9-8-. The van der Waals surface area contributed by atoms with Crippen molar-refractivity contribution in [3.8, 4) is 0 Å². The van der Waals surface area contributed by atoms with Gasteiger partial charge in [0.2, 0.25) is 0 Å². The Morgan fingerprint density at radius 3 is 2.41 bits per heavy atom. The lowest BCUT2D eigenvalue weighted by atomic mass is 10.0. The summed E-state index contributed by atoms with van der Waals surface area (Å²) in [6, 6.07) is -0.146. The molecule has 1 amide bonds. The molecule has 1 saturated heterocycles. The minimum absolute atomic E-state index is 0.146. The van der Waals surface area contributed by atoms with Crippen LogP contribution in [0.5, 0.6) is 0 Å². The summed E-state index contributed by atoms with van der Waals surface area (Å²) in [6.07, 6.45) is 6.51. The van der Waals surface area contributed by atoms with E-state index in [1.165, 1.54) is 0 Å². The number of hydrogen-bond donors (Lipinski definition) is 1. The molecule has 1 spiro atoms. The van der Waals surface area contributed by atoms with Gasteiger partial charge in [-0.1, -0.05) is 41.7 Å². The Morgan fingerprint density at radius 1 is 1.30 bits per heavy atom. The lowest BCUT2D eigenvalue weighted by molar-refractivity contribution is 0.0256. The Morgan fingerprint density at radius 2 is 1.93 bits per heavy atom. The fourth-order valence-electron chi connectivity index (χ4n) is 3.17. The summed E-state index contributed by atoms with van der Waals surface area (Å²) in [5.74, 6) is 0.710. The molecule has 1 atom stereocenters. The summed E-state index contributed by atoms with van der Waals surface area (Å²) in [7, 11) is 1.72. The predicted molar refractivity (Wildman–Crippen MR) is 115 cm³/mol. The molecule has 0 bridgehead atoms. The van der Waals surface area contributed by atoms with E-state index in [0.29, 0.717) is 18.1 Å². The number of nitrogens with zero attached hydrogens (tertiary/aromatic N) is 2. The number of carbonyl (C=O) groups excluding carboxylic acids is 1. The normalized spacial score (nSPS) is 21.4. The van der Waals surface area contributed by atoms with Gasteiger partial charge in [0.1, 0.15) is 11.4 Å². The van der Waals surface area contributed by atoms with Gasteiger partial charge in [0.15, 0.2) is 0 Å². The Balaban J connectivity index is 2.13. The van der Waals surface area contributed by atoms with Gasteiger partial charge in [0.25, 0.3) is 0 Å². The molecule has 0 aromatic carbocycles. The lowest BCUT2D eigenvalue weighted by Crippen LogP contribution is -2.47. The van der Waals surface area contributed by atoms with Crippen LogP contribution in [0.4, 0.5) is 4.79 Å². The number of amidine groups is 1. The molecule has 1 N–H and O–H groups in total. The second-order valence-electron chi connectivity index (χ2n) is 8.35. The van der Waals surface area contributed by atoms with Crippen LogP contribution in [0.2, 0.25) is 0 Å². The zero-order valence-electron chi connectivity index (χ0n) is 16.8. The number of aliphatic imine (C=N–C) groups is 1. The van der Waals surface area contributed by atoms with Gasteiger partial charge in [0, 0.05) is 23.8 Å². The molecule has 5 nitrogen and oxygen atoms in total. The van der Waals surface area contributed by atoms with Crippen molar-refractivity contribution in [2.75, 3.05) is 13.6 Å². The zero-order chi connectivity index (χ0) is 20.4. The molecule has 27 heavy (non-hydrogen) atoms. The summed E-state index contributed by atoms with van der Waals surface area (Å²) in [6.45, 7) is 18.2. The first-order chi connectivity index (χ1) is 12.5. The third-order valence-electron chi connectivity index (χ3n) is 4.78. The van der Waals surface area contributed by atoms with Crippen molar-refractivity contribution in [3.63, 3.8) is 0 Å². The highest BCUT2D eigenvalue weighted by atomic mass is 79.9. The van der Waals surface area contributed by atoms with Crippen molar-refractivity contribution >= 4 is 27.9 Å². The SMILES string of the molecule is C=C(Br)/C=C\C(=C)C(=C)NC(=NC)C1CC2(CC2)CN1C(=O)OC(C)(C)C. The van der Waals surface area contributed by atoms with Crippen molar-refractivity contribution in [2.24, 2.45) is 10.4 Å². The molecule has 1 aliphatic carbocycles. The molecule has 0 aromatic heterocycles. The van der Waals surface area contributed by atoms with E-state index in [2.05, 4.69) is 46.0 Å². The van der Waals surface area contributed by atoms with Gasteiger partial charge in [-0.05, 0) is 57.1 Å². The number of halogens is 1. The van der Waals surface area contributed by atoms with Crippen LogP contribution in [0.1, 0.15) is 40.0 Å². The molecule has 0 aromatic rings. The van der Waals surface area contributed by atoms with Gasteiger partial charge in [-0.15, -0.1) is 0 Å². The summed E-state index contributed by atoms with van der Waals surface area (Å²) < 4.78 is 6.38. The number of rotatable bonds is 5. The summed E-state index contributed by atoms with van der Waals surface area (Å²) in [4.78, 5) is 19.0. The molecule has 1 unspecified atom stereocenters. The van der Waals surface area contributed by atoms with E-state index >= 15 is 0 Å². The van der Waals surface area contributed by atoms with Crippen molar-refractivity contribution in [2.45, 2.75) is 51.7 Å². The summed E-state index contributed by atoms with van der Waals surface area (Å²) in [5.41, 5.74) is 1.05. The monoisotopic (exact) mass is 435 g/mol. The van der Waals surface area contributed by atoms with Crippen molar-refractivity contribution in [3.05, 3.63) is 47.6 Å². The average Bonchev–Trinajstić information content (AvgIpc) is 3.19. The van der Waals surface area contributed by atoms with E-state index in [4.69, 9.17) is 4.74 Å². The minimum Gasteiger partial charge on any atom is -0.444 e. The summed E-state index contributed by atoms with van der Waals surface area (Å²) >= 11 is 3.28. The van der Waals surface area contributed by atoms with E-state index in [1.807, 2.05) is 26.8 Å². The van der Waals surface area contributed by atoms with E-state index in [-0.39, 0.29) is 17.6 Å². The second-order valence-corrected chi connectivity index (χ2v) is 9.36. The quantitative estimate of drug-likeness (QED) is 0.378. The lowest BCUT2D eigenvalue weighted by Gasteiger charge is -2.29. The van der Waals surface area contributed by atoms with E-state index in [0.717, 1.165) is 29.3 Å². The zero-order valence-corrected chi connectivity index (χ0v) is 18.4. The van der Waals surface area contributed by atoms with Crippen LogP contribution in [-0.2, 0) is 4.74 Å². The first-order valence-electron chi connectivity index (χ1n) is 9.10. The van der Waals surface area contributed by atoms with E-state index in [9.17, 15) is 4.79 Å². The first kappa shape index (κ1) is 21.5. The number of allylic oxidation sites excluding steroid dienone is 3. The van der Waals surface area contributed by atoms with Crippen LogP contribution < -0.4 is 5.32 Å². The van der Waals surface area contributed by atoms with Gasteiger partial charge < -0.3 is 10.1 Å². The van der Waals surface area contributed by atoms with Gasteiger partial charge in [-0.2, -0.15) is 0 Å². The molecule has 148 valence electrons. The van der Waals surface area contributed by atoms with E-state index < -0.39 is 5.60 Å². The molecule has 1 heterocycles. The highest BCUT2D eigenvalue weighted by Gasteiger charge is 2.55. The first-order valence-corrected chi connectivity index (χ1v) is 9.90. The maximum Gasteiger partial charge on any atom is 0.410 e. The largest absolute Gasteiger partial charge is 0.444 e. The number of hydrogen-bond acceptors (Lipinski definition) is 3. The van der Waals surface area contributed by atoms with Crippen LogP contribution in [0.15, 0.2) is 52.6 Å². The fraction of sp³-hybridized carbons (Fsp3) is 0.524. The van der Waals surface area contributed by atoms with Gasteiger partial charge in [-0.3, -0.25) is 9.89 Å². The Hall–Kier alpha value is -1.82. The second kappa shape index (κ2) is 8.05. The Kier molecular flexibility index (Phi) is 6.40. The Labute approximate surface area is 171 Å². The van der Waals surface area contributed by atoms with Crippen LogP contribution in [0, 0.1) is 5.41 Å². The molecule has 1 saturated carbocycles. The van der Waals surface area contributed by atoms with Crippen LogP contribution in [0.3, 0.4) is 0 Å². The highest BCUT2D eigenvalue weighted by molar-refractivity contribution is 9.11. The van der Waals surface area contributed by atoms with Gasteiger partial charge >= 0.3 is 6.09 Å². The third kappa shape index (κ3) is 5.83. The summed E-state index contributed by atoms with van der Waals surface area (Å²) in [5, 5.41) is 3.26. The number of likely N-dealkylation sites (tertiary alicyclic amines) is 1. The van der Waals surface area contributed by atoms with Crippen molar-refractivity contribution in [1.29, 1.82) is 0 Å². The van der Waals surface area contributed by atoms with Gasteiger partial charge in [-0.25, -0.2) is 4.79 Å². The third-order valence-corrected chi connectivity index (χ3v) is 5.05. The smallest absolute Gasteiger partial charge is 0.410 e. The number of amides is 1. The van der Waals surface area contributed by atoms with Crippen LogP contribution in [0.25, 0.3) is 0 Å². The molecule has 2 fully saturated rings. The molecular weight excluding hydrogens is 406 g/mol. The average molecular weight is 436 g/mol. The van der Waals surface area contributed by atoms with E-state index in [1.54, 1.807) is 18.0 Å². The maximum atomic E-state index is 12.8. The number of nitrogens with one attached hydrogen (secondary N) is 1. The number of ether oxygens (including phenoxy) is 1. The topological polar surface area (TPSA) is 53.9 Å². The highest BCUT2D eigenvalue weighted by Crippen LogP contribution is 2.55. The van der Waals surface area contributed by atoms with Crippen LogP contribution in [-0.4, -0.2) is 42.1 Å². The van der Waals surface area contributed by atoms with Crippen LogP contribution >= 0.6 is 15.9 Å². The predicted octanol–water partition coefficient (Wildman–Crippen LogP) is 4.93. The molecule has 2 rings (SSSR count). The maximum absolute atomic E-state index is 12.8. The molecule has 6 heteroatoms. The molecule has 2 aliphatic rings.